The average Bonchev–Trinajstić information content (AvgIpc) is 3.44. The van der Waals surface area contributed by atoms with Crippen LogP contribution in [0.15, 0.2) is 53.3 Å². The predicted octanol–water partition coefficient (Wildman–Crippen LogP) is 5.82. The van der Waals surface area contributed by atoms with Crippen molar-refractivity contribution in [2.75, 3.05) is 18.8 Å². The average molecular weight is 474 g/mol. The lowest BCUT2D eigenvalue weighted by Crippen LogP contribution is -2.42. The fourth-order valence-corrected chi connectivity index (χ4v) is 4.57. The van der Waals surface area contributed by atoms with E-state index in [1.807, 2.05) is 75.1 Å². The fraction of sp³-hybridized carbons (Fsp3) is 0.370. The molecule has 1 saturated heterocycles. The van der Waals surface area contributed by atoms with Crippen LogP contribution in [0.2, 0.25) is 0 Å². The van der Waals surface area contributed by atoms with Gasteiger partial charge in [0.1, 0.15) is 22.8 Å². The van der Waals surface area contributed by atoms with Gasteiger partial charge in [-0.25, -0.2) is 9.78 Å². The third kappa shape index (κ3) is 4.60. The van der Waals surface area contributed by atoms with Crippen molar-refractivity contribution in [1.82, 2.24) is 19.7 Å². The number of fused-ring (bicyclic) bond motifs is 1. The van der Waals surface area contributed by atoms with E-state index in [-0.39, 0.29) is 12.1 Å². The molecule has 0 bridgehead atoms. The van der Waals surface area contributed by atoms with Crippen LogP contribution >= 0.6 is 0 Å². The number of para-hydroxylation sites is 1. The molecule has 4 heterocycles. The number of ether oxygens (including phenoxy) is 1. The Morgan fingerprint density at radius 3 is 2.60 bits per heavy atom. The summed E-state index contributed by atoms with van der Waals surface area (Å²) in [6.07, 6.45) is 7.05. The Labute approximate surface area is 204 Å². The van der Waals surface area contributed by atoms with Gasteiger partial charge in [0.15, 0.2) is 0 Å². The standard InChI is InChI=1S/C27H31N5O3/c1-17-21-7-5-6-8-23(21)34-24(17)22-13-18(14-29-25(22)28)19-15-30-32(16-19)20-9-11-31(12-10-20)26(33)35-27(2,3)4/h5-8,13-16,20H,9-12H2,1-4H3,(H2,28,29). The van der Waals surface area contributed by atoms with Gasteiger partial charge in [-0.15, -0.1) is 0 Å². The molecule has 1 aliphatic heterocycles. The molecule has 0 saturated carbocycles. The number of nitrogens with zero attached hydrogens (tertiary/aromatic N) is 4. The molecule has 1 amide bonds. The van der Waals surface area contributed by atoms with Gasteiger partial charge in [-0.1, -0.05) is 18.2 Å². The van der Waals surface area contributed by atoms with Gasteiger partial charge < -0.3 is 19.8 Å². The van der Waals surface area contributed by atoms with Gasteiger partial charge in [0.05, 0.1) is 17.8 Å². The third-order valence-electron chi connectivity index (χ3n) is 6.43. The van der Waals surface area contributed by atoms with E-state index >= 15 is 0 Å². The van der Waals surface area contributed by atoms with Gasteiger partial charge in [-0.05, 0) is 52.7 Å². The zero-order valence-electron chi connectivity index (χ0n) is 20.6. The monoisotopic (exact) mass is 473 g/mol. The van der Waals surface area contributed by atoms with E-state index in [1.165, 1.54) is 0 Å². The summed E-state index contributed by atoms with van der Waals surface area (Å²) < 4.78 is 13.6. The lowest BCUT2D eigenvalue weighted by atomic mass is 10.0. The molecule has 0 aliphatic carbocycles. The molecule has 8 heteroatoms. The Kier molecular flexibility index (Phi) is 5.75. The van der Waals surface area contributed by atoms with Crippen molar-refractivity contribution in [2.24, 2.45) is 0 Å². The fourth-order valence-electron chi connectivity index (χ4n) is 4.57. The van der Waals surface area contributed by atoms with E-state index in [1.54, 1.807) is 11.1 Å². The number of carbonyl (C=O) groups is 1. The number of amides is 1. The number of likely N-dealkylation sites (tertiary alicyclic amines) is 1. The van der Waals surface area contributed by atoms with Gasteiger partial charge in [0.25, 0.3) is 0 Å². The first-order valence-electron chi connectivity index (χ1n) is 12.0. The summed E-state index contributed by atoms with van der Waals surface area (Å²) in [4.78, 5) is 18.6. The lowest BCUT2D eigenvalue weighted by Gasteiger charge is -2.33. The van der Waals surface area contributed by atoms with Gasteiger partial charge in [0, 0.05) is 47.6 Å². The van der Waals surface area contributed by atoms with Crippen molar-refractivity contribution in [2.45, 2.75) is 52.2 Å². The molecule has 35 heavy (non-hydrogen) atoms. The highest BCUT2D eigenvalue weighted by Crippen LogP contribution is 2.37. The number of carbonyl (C=O) groups excluding carboxylic acids is 1. The Morgan fingerprint density at radius 2 is 1.89 bits per heavy atom. The third-order valence-corrected chi connectivity index (χ3v) is 6.43. The molecule has 0 atom stereocenters. The second-order valence-electron chi connectivity index (χ2n) is 10.1. The number of nitrogens with two attached hydrogens (primary N) is 1. The molecule has 2 N–H and O–H groups in total. The SMILES string of the molecule is Cc1c(-c2cc(-c3cnn(C4CCN(C(=O)OC(C)(C)C)CC4)c3)cnc2N)oc2ccccc12. The molecular weight excluding hydrogens is 442 g/mol. The first-order valence-corrected chi connectivity index (χ1v) is 12.0. The number of aromatic nitrogens is 3. The highest BCUT2D eigenvalue weighted by atomic mass is 16.6. The van der Waals surface area contributed by atoms with Crippen LogP contribution in [0.4, 0.5) is 10.6 Å². The second kappa shape index (κ2) is 8.76. The number of furan rings is 1. The summed E-state index contributed by atoms with van der Waals surface area (Å²) in [7, 11) is 0. The molecule has 0 unspecified atom stereocenters. The molecular formula is C27H31N5O3. The molecule has 4 aromatic rings. The van der Waals surface area contributed by atoms with Crippen LogP contribution in [0.1, 0.15) is 45.2 Å². The number of aryl methyl sites for hydroxylation is 1. The minimum absolute atomic E-state index is 0.223. The first kappa shape index (κ1) is 23.0. The molecule has 3 aromatic heterocycles. The highest BCUT2D eigenvalue weighted by molar-refractivity contribution is 5.90. The number of pyridine rings is 1. The number of nitrogen functional groups attached to an aromatic ring is 1. The van der Waals surface area contributed by atoms with Gasteiger partial charge >= 0.3 is 6.09 Å². The van der Waals surface area contributed by atoms with Gasteiger partial charge in [0.2, 0.25) is 0 Å². The van der Waals surface area contributed by atoms with Crippen molar-refractivity contribution in [1.29, 1.82) is 0 Å². The largest absolute Gasteiger partial charge is 0.456 e. The van der Waals surface area contributed by atoms with Crippen LogP contribution in [-0.2, 0) is 4.74 Å². The number of benzene rings is 1. The number of piperidine rings is 1. The zero-order valence-corrected chi connectivity index (χ0v) is 20.6. The topological polar surface area (TPSA) is 99.4 Å². The van der Waals surface area contributed by atoms with Crippen LogP contribution in [-0.4, -0.2) is 44.4 Å². The van der Waals surface area contributed by atoms with Crippen LogP contribution in [0.25, 0.3) is 33.4 Å². The van der Waals surface area contributed by atoms with E-state index in [9.17, 15) is 4.79 Å². The normalized spacial score (nSPS) is 15.0. The molecule has 5 rings (SSSR count). The summed E-state index contributed by atoms with van der Waals surface area (Å²) in [5, 5.41) is 5.69. The minimum atomic E-state index is -0.488. The maximum absolute atomic E-state index is 12.4. The van der Waals surface area contributed by atoms with Crippen LogP contribution in [0.3, 0.4) is 0 Å². The predicted molar refractivity (Wildman–Crippen MR) is 136 cm³/mol. The Morgan fingerprint density at radius 1 is 1.14 bits per heavy atom. The smallest absolute Gasteiger partial charge is 0.410 e. The van der Waals surface area contributed by atoms with Crippen molar-refractivity contribution in [3.63, 3.8) is 0 Å². The van der Waals surface area contributed by atoms with Gasteiger partial charge in [-0.3, -0.25) is 4.68 Å². The second-order valence-corrected chi connectivity index (χ2v) is 10.1. The van der Waals surface area contributed by atoms with Crippen molar-refractivity contribution >= 4 is 22.9 Å². The number of hydrogen-bond acceptors (Lipinski definition) is 6. The first-order chi connectivity index (χ1) is 16.7. The maximum Gasteiger partial charge on any atom is 0.410 e. The molecule has 8 nitrogen and oxygen atoms in total. The van der Waals surface area contributed by atoms with E-state index in [2.05, 4.69) is 10.1 Å². The quantitative estimate of drug-likeness (QED) is 0.402. The van der Waals surface area contributed by atoms with Crippen LogP contribution in [0, 0.1) is 6.92 Å². The Balaban J connectivity index is 1.34. The van der Waals surface area contributed by atoms with Gasteiger partial charge in [-0.2, -0.15) is 5.10 Å². The Hall–Kier alpha value is -3.81. The molecule has 182 valence electrons. The van der Waals surface area contributed by atoms with E-state index < -0.39 is 5.60 Å². The highest BCUT2D eigenvalue weighted by Gasteiger charge is 2.28. The maximum atomic E-state index is 12.4. The molecule has 0 radical (unpaired) electrons. The van der Waals surface area contributed by atoms with Crippen molar-refractivity contribution < 1.29 is 13.9 Å². The van der Waals surface area contributed by atoms with Crippen molar-refractivity contribution in [3.8, 4) is 22.5 Å². The zero-order chi connectivity index (χ0) is 24.7. The molecule has 0 spiro atoms. The minimum Gasteiger partial charge on any atom is -0.456 e. The van der Waals surface area contributed by atoms with Crippen molar-refractivity contribution in [3.05, 3.63) is 54.5 Å². The summed E-state index contributed by atoms with van der Waals surface area (Å²) in [5.41, 5.74) is 10.3. The lowest BCUT2D eigenvalue weighted by molar-refractivity contribution is 0.0185. The number of hydrogen-bond donors (Lipinski definition) is 1. The van der Waals surface area contributed by atoms with Crippen LogP contribution < -0.4 is 5.73 Å². The van der Waals surface area contributed by atoms with E-state index in [0.29, 0.717) is 18.9 Å². The Bertz CT molecular complexity index is 1370. The van der Waals surface area contributed by atoms with E-state index in [4.69, 9.17) is 14.9 Å². The molecule has 1 fully saturated rings. The molecule has 1 aliphatic rings. The van der Waals surface area contributed by atoms with Crippen LogP contribution in [0.5, 0.6) is 0 Å². The number of anilines is 1. The summed E-state index contributed by atoms with van der Waals surface area (Å²) >= 11 is 0. The summed E-state index contributed by atoms with van der Waals surface area (Å²) in [6, 6.07) is 10.2. The molecule has 1 aromatic carbocycles. The summed E-state index contributed by atoms with van der Waals surface area (Å²) in [5.74, 6) is 1.16. The van der Waals surface area contributed by atoms with E-state index in [0.717, 1.165) is 51.8 Å². The number of rotatable bonds is 3. The summed E-state index contributed by atoms with van der Waals surface area (Å²) in [6.45, 7) is 8.98.